The second kappa shape index (κ2) is 4.57. The van der Waals surface area contributed by atoms with Crippen LogP contribution in [0.3, 0.4) is 0 Å². The molecule has 1 aromatic heterocycles. The molecule has 0 spiro atoms. The van der Waals surface area contributed by atoms with Crippen LogP contribution in [0, 0.1) is 13.8 Å². The van der Waals surface area contributed by atoms with Crippen molar-refractivity contribution in [3.63, 3.8) is 0 Å². The van der Waals surface area contributed by atoms with Crippen molar-refractivity contribution < 1.29 is 8.42 Å². The zero-order chi connectivity index (χ0) is 13.3. The Morgan fingerprint density at radius 1 is 1.17 bits per heavy atom. The number of hydrogen-bond acceptors (Lipinski definition) is 3. The van der Waals surface area contributed by atoms with E-state index in [0.29, 0.717) is 17.8 Å². The van der Waals surface area contributed by atoms with Crippen molar-refractivity contribution in [3.05, 3.63) is 47.3 Å². The van der Waals surface area contributed by atoms with Crippen LogP contribution in [0.25, 0.3) is 0 Å². The molecule has 1 heterocycles. The van der Waals surface area contributed by atoms with Crippen LogP contribution in [0.4, 0.5) is 0 Å². The van der Waals surface area contributed by atoms with E-state index in [9.17, 15) is 8.42 Å². The Hall–Kier alpha value is -1.62. The summed E-state index contributed by atoms with van der Waals surface area (Å²) in [5.41, 5.74) is 2.44. The van der Waals surface area contributed by atoms with E-state index in [2.05, 4.69) is 5.10 Å². The molecule has 0 bridgehead atoms. The number of aromatic nitrogens is 2. The highest BCUT2D eigenvalue weighted by molar-refractivity contribution is 7.89. The molecule has 18 heavy (non-hydrogen) atoms. The van der Waals surface area contributed by atoms with Gasteiger partial charge in [0.25, 0.3) is 10.0 Å². The third-order valence-corrected chi connectivity index (χ3v) is 4.42. The molecular formula is C13H16N2O2S. The molecule has 5 heteroatoms. The molecule has 96 valence electrons. The monoisotopic (exact) mass is 264 g/mol. The van der Waals surface area contributed by atoms with E-state index in [-0.39, 0.29) is 4.90 Å². The van der Waals surface area contributed by atoms with Crippen LogP contribution in [0.15, 0.2) is 35.2 Å². The molecule has 0 N–H and O–H groups in total. The molecule has 0 unspecified atom stereocenters. The van der Waals surface area contributed by atoms with Gasteiger partial charge in [-0.25, -0.2) is 0 Å². The van der Waals surface area contributed by atoms with Crippen molar-refractivity contribution in [2.24, 2.45) is 0 Å². The minimum absolute atomic E-state index is 0.269. The molecule has 0 saturated carbocycles. The van der Waals surface area contributed by atoms with Gasteiger partial charge >= 0.3 is 0 Å². The molecule has 2 rings (SSSR count). The number of rotatable bonds is 3. The van der Waals surface area contributed by atoms with Crippen LogP contribution >= 0.6 is 0 Å². The lowest BCUT2D eigenvalue weighted by atomic mass is 10.2. The fraction of sp³-hybridized carbons (Fsp3) is 0.308. The fourth-order valence-corrected chi connectivity index (χ4v) is 3.19. The highest BCUT2D eigenvalue weighted by atomic mass is 32.2. The molecule has 1 aromatic carbocycles. The average molecular weight is 264 g/mol. The van der Waals surface area contributed by atoms with E-state index >= 15 is 0 Å². The largest absolute Gasteiger partial charge is 0.283 e. The summed E-state index contributed by atoms with van der Waals surface area (Å²) in [6.07, 6.45) is 0.631. The van der Waals surface area contributed by atoms with Crippen molar-refractivity contribution in [2.45, 2.75) is 32.1 Å². The van der Waals surface area contributed by atoms with Crippen LogP contribution in [0.5, 0.6) is 0 Å². The van der Waals surface area contributed by atoms with Gasteiger partial charge in [-0.2, -0.15) is 17.6 Å². The predicted octanol–water partition coefficient (Wildman–Crippen LogP) is 2.30. The molecule has 0 atom stereocenters. The first-order valence-corrected chi connectivity index (χ1v) is 7.27. The molecule has 0 fully saturated rings. The Labute approximate surface area is 107 Å². The summed E-state index contributed by atoms with van der Waals surface area (Å²) in [6.45, 7) is 5.63. The number of benzene rings is 1. The van der Waals surface area contributed by atoms with Crippen LogP contribution in [0.1, 0.15) is 23.9 Å². The third-order valence-electron chi connectivity index (χ3n) is 2.78. The maximum Gasteiger partial charge on any atom is 0.283 e. The predicted molar refractivity (Wildman–Crippen MR) is 70.1 cm³/mol. The highest BCUT2D eigenvalue weighted by Crippen LogP contribution is 2.17. The van der Waals surface area contributed by atoms with Gasteiger partial charge in [0.05, 0.1) is 16.3 Å². The highest BCUT2D eigenvalue weighted by Gasteiger charge is 2.20. The number of hydrogen-bond donors (Lipinski definition) is 0. The molecule has 2 aromatic rings. The van der Waals surface area contributed by atoms with Gasteiger partial charge in [-0.15, -0.1) is 0 Å². The van der Waals surface area contributed by atoms with Gasteiger partial charge in [0.15, 0.2) is 0 Å². The van der Waals surface area contributed by atoms with Crippen molar-refractivity contribution in [1.29, 1.82) is 0 Å². The Kier molecular flexibility index (Phi) is 3.26. The first kappa shape index (κ1) is 12.8. The molecule has 0 aliphatic carbocycles. The van der Waals surface area contributed by atoms with E-state index in [0.717, 1.165) is 9.65 Å². The molecule has 0 aliphatic heterocycles. The normalized spacial score (nSPS) is 11.7. The Morgan fingerprint density at radius 3 is 2.33 bits per heavy atom. The average Bonchev–Trinajstić information content (AvgIpc) is 2.72. The van der Waals surface area contributed by atoms with E-state index in [1.54, 1.807) is 37.3 Å². The van der Waals surface area contributed by atoms with E-state index in [1.165, 1.54) is 0 Å². The standard InChI is InChI=1S/C13H16N2O2S/c1-4-12-9-11(3)14-15(12)18(16,17)13-7-5-10(2)6-8-13/h5-9H,4H2,1-3H3. The number of nitrogens with zero attached hydrogens (tertiary/aromatic N) is 2. The van der Waals surface area contributed by atoms with E-state index < -0.39 is 10.0 Å². The minimum Gasteiger partial charge on any atom is -0.199 e. The van der Waals surface area contributed by atoms with Crippen molar-refractivity contribution in [1.82, 2.24) is 9.19 Å². The summed E-state index contributed by atoms with van der Waals surface area (Å²) in [5, 5.41) is 4.08. The first-order valence-electron chi connectivity index (χ1n) is 5.83. The Morgan fingerprint density at radius 2 is 1.78 bits per heavy atom. The SMILES string of the molecule is CCc1cc(C)nn1S(=O)(=O)c1ccc(C)cc1. The first-order chi connectivity index (χ1) is 8.45. The van der Waals surface area contributed by atoms with Gasteiger partial charge in [0.2, 0.25) is 0 Å². The summed E-state index contributed by atoms with van der Waals surface area (Å²) >= 11 is 0. The second-order valence-electron chi connectivity index (χ2n) is 4.29. The molecule has 0 aliphatic rings. The van der Waals surface area contributed by atoms with Crippen molar-refractivity contribution in [2.75, 3.05) is 0 Å². The molecule has 0 radical (unpaired) electrons. The topological polar surface area (TPSA) is 52.0 Å². The van der Waals surface area contributed by atoms with Gasteiger partial charge in [-0.05, 0) is 38.5 Å². The lowest BCUT2D eigenvalue weighted by Crippen LogP contribution is -2.17. The van der Waals surface area contributed by atoms with E-state index in [4.69, 9.17) is 0 Å². The number of aryl methyl sites for hydroxylation is 3. The Bertz CT molecular complexity index is 655. The van der Waals surface area contributed by atoms with Gasteiger partial charge in [0, 0.05) is 0 Å². The van der Waals surface area contributed by atoms with Crippen LogP contribution in [-0.4, -0.2) is 17.6 Å². The zero-order valence-electron chi connectivity index (χ0n) is 10.7. The summed E-state index contributed by atoms with van der Waals surface area (Å²) < 4.78 is 26.0. The summed E-state index contributed by atoms with van der Waals surface area (Å²) in [5.74, 6) is 0. The van der Waals surface area contributed by atoms with Crippen LogP contribution in [-0.2, 0) is 16.4 Å². The molecule has 0 saturated heterocycles. The molecular weight excluding hydrogens is 248 g/mol. The smallest absolute Gasteiger partial charge is 0.199 e. The zero-order valence-corrected chi connectivity index (χ0v) is 11.5. The molecule has 0 amide bonds. The van der Waals surface area contributed by atoms with E-state index in [1.807, 2.05) is 13.8 Å². The summed E-state index contributed by atoms with van der Waals surface area (Å²) in [4.78, 5) is 0.269. The lowest BCUT2D eigenvalue weighted by Gasteiger charge is -2.07. The lowest BCUT2D eigenvalue weighted by molar-refractivity contribution is 0.576. The quantitative estimate of drug-likeness (QED) is 0.854. The van der Waals surface area contributed by atoms with Gasteiger partial charge in [0.1, 0.15) is 0 Å². The van der Waals surface area contributed by atoms with Crippen molar-refractivity contribution in [3.8, 4) is 0 Å². The van der Waals surface area contributed by atoms with Gasteiger partial charge in [-0.1, -0.05) is 24.6 Å². The Balaban J connectivity index is 2.57. The fourth-order valence-electron chi connectivity index (χ4n) is 1.79. The third kappa shape index (κ3) is 2.18. The van der Waals surface area contributed by atoms with Crippen LogP contribution < -0.4 is 0 Å². The molecule has 4 nitrogen and oxygen atoms in total. The minimum atomic E-state index is -3.57. The van der Waals surface area contributed by atoms with Gasteiger partial charge in [-0.3, -0.25) is 0 Å². The second-order valence-corrected chi connectivity index (χ2v) is 6.06. The van der Waals surface area contributed by atoms with Crippen molar-refractivity contribution >= 4 is 10.0 Å². The van der Waals surface area contributed by atoms with Crippen LogP contribution in [0.2, 0.25) is 0 Å². The summed E-state index contributed by atoms with van der Waals surface area (Å²) in [6, 6.07) is 8.59. The maximum absolute atomic E-state index is 12.4. The summed E-state index contributed by atoms with van der Waals surface area (Å²) in [7, 11) is -3.57. The van der Waals surface area contributed by atoms with Gasteiger partial charge < -0.3 is 0 Å². The maximum atomic E-state index is 12.4.